The average molecular weight is 657 g/mol. The number of aryl methyl sites for hydroxylation is 4. The fourth-order valence-electron chi connectivity index (χ4n) is 5.21. The van der Waals surface area contributed by atoms with E-state index in [1.54, 1.807) is 12.1 Å². The normalized spacial score (nSPS) is 10.7. The van der Waals surface area contributed by atoms with Crippen molar-refractivity contribution in [1.82, 2.24) is 0 Å². The van der Waals surface area contributed by atoms with Crippen molar-refractivity contribution in [3.05, 3.63) is 177 Å². The van der Waals surface area contributed by atoms with Crippen LogP contribution in [0.15, 0.2) is 121 Å². The molecule has 0 heterocycles. The van der Waals surface area contributed by atoms with E-state index in [0.29, 0.717) is 5.56 Å². The van der Waals surface area contributed by atoms with E-state index in [2.05, 4.69) is 39.8 Å². The molecule has 0 spiro atoms. The lowest BCUT2D eigenvalue weighted by Crippen LogP contribution is -2.31. The molecule has 0 saturated heterocycles. The zero-order valence-electron chi connectivity index (χ0n) is 29.7. The maximum Gasteiger partial charge on any atom is 0.193 e. The van der Waals surface area contributed by atoms with Crippen LogP contribution in [0.25, 0.3) is 0 Å². The molecule has 5 aromatic carbocycles. The van der Waals surface area contributed by atoms with Gasteiger partial charge in [-0.15, -0.1) is 0 Å². The molecule has 4 heteroatoms. The first-order chi connectivity index (χ1) is 22.5. The van der Waals surface area contributed by atoms with Crippen LogP contribution in [0.5, 0.6) is 0 Å². The van der Waals surface area contributed by atoms with Crippen molar-refractivity contribution in [2.75, 3.05) is 0 Å². The van der Waals surface area contributed by atoms with Gasteiger partial charge in [-0.05, 0) is 63.6 Å². The van der Waals surface area contributed by atoms with Crippen LogP contribution in [0, 0.1) is 27.7 Å². The fraction of sp³-hybridized carbons (Fsp3) is 0.267. The van der Waals surface area contributed by atoms with Crippen molar-refractivity contribution < 1.29 is 19.5 Å². The SMILES string of the molecule is C.CC(C)(O)C(=O)c1ccc(C(C)(C)C)cc1.Cc1cc(C)c(C(=O)c2ccccc2)c(C)c1.Cc1ccc(C(=O)c2ccccc2)cc1. The average Bonchev–Trinajstić information content (AvgIpc) is 3.04. The second kappa shape index (κ2) is 17.5. The molecule has 0 saturated carbocycles. The number of benzene rings is 5. The quantitative estimate of drug-likeness (QED) is 0.185. The van der Waals surface area contributed by atoms with Gasteiger partial charge in [0.1, 0.15) is 5.60 Å². The maximum absolute atomic E-state index is 12.4. The summed E-state index contributed by atoms with van der Waals surface area (Å²) >= 11 is 0. The Labute approximate surface area is 293 Å². The lowest BCUT2D eigenvalue weighted by atomic mass is 9.85. The van der Waals surface area contributed by atoms with Crippen molar-refractivity contribution in [2.24, 2.45) is 0 Å². The van der Waals surface area contributed by atoms with Gasteiger partial charge >= 0.3 is 0 Å². The standard InChI is InChI=1S/C16H16O.C14H20O2.C14H12O.CH4/c1-11-9-12(2)15(13(3)10-11)16(17)14-7-5-4-6-8-14;1-13(2,3)11-8-6-10(7-9-11)12(15)14(4,5)16;1-11-7-9-13(10-8-11)14(15)12-5-3-2-4-6-12;/h4-10H,1-3H3;6-9,16H,1-5H3;2-10H,1H3;1H4. The molecule has 0 unspecified atom stereocenters. The van der Waals surface area contributed by atoms with Crippen LogP contribution in [0.2, 0.25) is 0 Å². The maximum atomic E-state index is 12.4. The first-order valence-electron chi connectivity index (χ1n) is 16.2. The minimum absolute atomic E-state index is 0. The third-order valence-corrected chi connectivity index (χ3v) is 7.86. The van der Waals surface area contributed by atoms with Gasteiger partial charge in [0.25, 0.3) is 0 Å². The minimum atomic E-state index is -1.30. The lowest BCUT2D eigenvalue weighted by molar-refractivity contribution is 0.0488. The van der Waals surface area contributed by atoms with Gasteiger partial charge in [0, 0.05) is 27.8 Å². The molecule has 5 rings (SSSR count). The Morgan fingerprint density at radius 3 is 1.29 bits per heavy atom. The number of Topliss-reactive ketones (excluding diaryl/α,β-unsaturated/α-hetero) is 1. The summed E-state index contributed by atoms with van der Waals surface area (Å²) in [6.45, 7) is 17.4. The van der Waals surface area contributed by atoms with Crippen LogP contribution in [0.3, 0.4) is 0 Å². The Morgan fingerprint density at radius 2 is 0.878 bits per heavy atom. The molecule has 0 aromatic heterocycles. The van der Waals surface area contributed by atoms with Crippen molar-refractivity contribution >= 4 is 17.3 Å². The summed E-state index contributed by atoms with van der Waals surface area (Å²) in [5.74, 6) is -0.0517. The van der Waals surface area contributed by atoms with Gasteiger partial charge in [-0.1, -0.05) is 161 Å². The van der Waals surface area contributed by atoms with Gasteiger partial charge in [0.2, 0.25) is 0 Å². The highest BCUT2D eigenvalue weighted by Crippen LogP contribution is 2.23. The largest absolute Gasteiger partial charge is 0.382 e. The molecule has 5 aromatic rings. The van der Waals surface area contributed by atoms with E-state index < -0.39 is 5.60 Å². The van der Waals surface area contributed by atoms with Crippen LogP contribution in [0.1, 0.15) is 112 Å². The van der Waals surface area contributed by atoms with E-state index in [1.807, 2.05) is 118 Å². The van der Waals surface area contributed by atoms with E-state index in [4.69, 9.17) is 0 Å². The summed E-state index contributed by atoms with van der Waals surface area (Å²) < 4.78 is 0. The molecule has 0 atom stereocenters. The van der Waals surface area contributed by atoms with E-state index in [1.165, 1.54) is 30.5 Å². The second-order valence-corrected chi connectivity index (χ2v) is 13.7. The highest BCUT2D eigenvalue weighted by molar-refractivity contribution is 6.11. The van der Waals surface area contributed by atoms with Crippen molar-refractivity contribution in [2.45, 2.75) is 80.8 Å². The highest BCUT2D eigenvalue weighted by Gasteiger charge is 2.25. The predicted octanol–water partition coefficient (Wildman–Crippen LogP) is 10.6. The highest BCUT2D eigenvalue weighted by atomic mass is 16.3. The summed E-state index contributed by atoms with van der Waals surface area (Å²) in [6.07, 6.45) is 0. The first-order valence-corrected chi connectivity index (χ1v) is 16.2. The minimum Gasteiger partial charge on any atom is -0.382 e. The van der Waals surface area contributed by atoms with E-state index in [9.17, 15) is 19.5 Å². The Bertz CT molecular complexity index is 1800. The number of rotatable bonds is 6. The molecule has 0 aliphatic carbocycles. The number of hydrogen-bond donors (Lipinski definition) is 1. The van der Waals surface area contributed by atoms with Crippen LogP contribution in [0.4, 0.5) is 0 Å². The van der Waals surface area contributed by atoms with Crippen LogP contribution < -0.4 is 0 Å². The number of carbonyl (C=O) groups excluding carboxylic acids is 3. The molecule has 4 nitrogen and oxygen atoms in total. The van der Waals surface area contributed by atoms with Crippen LogP contribution in [-0.2, 0) is 5.41 Å². The first kappa shape index (κ1) is 40.2. The van der Waals surface area contributed by atoms with E-state index in [-0.39, 0.29) is 30.2 Å². The van der Waals surface area contributed by atoms with Crippen LogP contribution >= 0.6 is 0 Å². The summed E-state index contributed by atoms with van der Waals surface area (Å²) in [5, 5.41) is 9.62. The molecule has 0 aliphatic heterocycles. The summed E-state index contributed by atoms with van der Waals surface area (Å²) in [5.41, 5.74) is 8.05. The van der Waals surface area contributed by atoms with Gasteiger partial charge in [-0.3, -0.25) is 14.4 Å². The molecule has 1 N–H and O–H groups in total. The third-order valence-electron chi connectivity index (χ3n) is 7.86. The zero-order chi connectivity index (χ0) is 35.6. The number of aliphatic hydroxyl groups is 1. The molecule has 0 bridgehead atoms. The summed E-state index contributed by atoms with van der Waals surface area (Å²) in [7, 11) is 0. The third kappa shape index (κ3) is 11.6. The molecule has 0 amide bonds. The monoisotopic (exact) mass is 656 g/mol. The lowest BCUT2D eigenvalue weighted by Gasteiger charge is -2.20. The van der Waals surface area contributed by atoms with E-state index >= 15 is 0 Å². The smallest absolute Gasteiger partial charge is 0.193 e. The molecule has 0 fully saturated rings. The van der Waals surface area contributed by atoms with E-state index in [0.717, 1.165) is 33.4 Å². The molecule has 0 aliphatic rings. The molecule has 49 heavy (non-hydrogen) atoms. The van der Waals surface area contributed by atoms with Crippen molar-refractivity contribution in [3.8, 4) is 0 Å². The molecule has 256 valence electrons. The van der Waals surface area contributed by atoms with Gasteiger partial charge in [-0.25, -0.2) is 0 Å². The van der Waals surface area contributed by atoms with Crippen LogP contribution in [-0.4, -0.2) is 28.1 Å². The topological polar surface area (TPSA) is 71.4 Å². The number of hydrogen-bond acceptors (Lipinski definition) is 4. The fourth-order valence-corrected chi connectivity index (χ4v) is 5.21. The summed E-state index contributed by atoms with van der Waals surface area (Å²) in [6, 6.07) is 38.0. The number of ketones is 3. The molecular formula is C45H52O4. The summed E-state index contributed by atoms with van der Waals surface area (Å²) in [4.78, 5) is 36.1. The Morgan fingerprint density at radius 1 is 0.490 bits per heavy atom. The zero-order valence-corrected chi connectivity index (χ0v) is 29.7. The molecular weight excluding hydrogens is 604 g/mol. The van der Waals surface area contributed by atoms with Crippen molar-refractivity contribution in [3.63, 3.8) is 0 Å². The predicted molar refractivity (Wildman–Crippen MR) is 204 cm³/mol. The second-order valence-electron chi connectivity index (χ2n) is 13.7. The van der Waals surface area contributed by atoms with Crippen molar-refractivity contribution in [1.29, 1.82) is 0 Å². The van der Waals surface area contributed by atoms with Gasteiger partial charge in [0.15, 0.2) is 17.3 Å². The van der Waals surface area contributed by atoms with Gasteiger partial charge < -0.3 is 5.11 Å². The Balaban J connectivity index is 0.000000253. The number of carbonyl (C=O) groups is 3. The Kier molecular flexibility index (Phi) is 14.3. The van der Waals surface area contributed by atoms with Gasteiger partial charge in [0.05, 0.1) is 0 Å². The Hall–Kier alpha value is -4.93. The molecule has 0 radical (unpaired) electrons. The van der Waals surface area contributed by atoms with Gasteiger partial charge in [-0.2, -0.15) is 0 Å².